The highest BCUT2D eigenvalue weighted by Gasteiger charge is 2.59. The summed E-state index contributed by atoms with van der Waals surface area (Å²) >= 11 is 1.87. The molecule has 2 aliphatic heterocycles. The van der Waals surface area contributed by atoms with Gasteiger partial charge in [-0.1, -0.05) is 12.1 Å². The lowest BCUT2D eigenvalue weighted by molar-refractivity contribution is 0.102. The van der Waals surface area contributed by atoms with Crippen LogP contribution in [0.15, 0.2) is 76.5 Å². The molecule has 216 valence electrons. The Hall–Kier alpha value is -3.06. The molecule has 2 fully saturated rings. The fourth-order valence-corrected chi connectivity index (χ4v) is 9.88. The van der Waals surface area contributed by atoms with E-state index in [1.54, 1.807) is 46.8 Å². The van der Waals surface area contributed by atoms with Crippen LogP contribution in [0.5, 0.6) is 5.75 Å². The molecule has 41 heavy (non-hydrogen) atoms. The van der Waals surface area contributed by atoms with Crippen LogP contribution in [0.4, 0.5) is 11.4 Å². The first kappa shape index (κ1) is 28.1. The largest absolute Gasteiger partial charge is 0.497 e. The normalized spacial score (nSPS) is 20.0. The third-order valence-electron chi connectivity index (χ3n) is 8.32. The van der Waals surface area contributed by atoms with E-state index in [0.29, 0.717) is 22.7 Å². The van der Waals surface area contributed by atoms with E-state index in [4.69, 9.17) is 9.88 Å². The Kier molecular flexibility index (Phi) is 7.08. The van der Waals surface area contributed by atoms with Gasteiger partial charge >= 0.3 is 0 Å². The van der Waals surface area contributed by atoms with Crippen LogP contribution in [0.2, 0.25) is 0 Å². The number of hydrogen-bond donors (Lipinski definition) is 2. The molecule has 2 heterocycles. The van der Waals surface area contributed by atoms with Crippen molar-refractivity contribution in [1.82, 2.24) is 0 Å². The molecule has 1 unspecified atom stereocenters. The fourth-order valence-electron chi connectivity index (χ4n) is 6.27. The Labute approximate surface area is 244 Å². The van der Waals surface area contributed by atoms with E-state index >= 15 is 0 Å². The molecule has 1 saturated carbocycles. The number of amides is 1. The van der Waals surface area contributed by atoms with Crippen LogP contribution in [-0.4, -0.2) is 47.4 Å². The summed E-state index contributed by atoms with van der Waals surface area (Å²) in [4.78, 5) is 13.5. The van der Waals surface area contributed by atoms with Gasteiger partial charge in [0, 0.05) is 22.7 Å². The monoisotopic (exact) mass is 613 g/mol. The molecule has 3 aromatic rings. The molecule has 3 N–H and O–H groups in total. The first-order chi connectivity index (χ1) is 19.5. The highest BCUT2D eigenvalue weighted by Crippen LogP contribution is 2.59. The molecular weight excluding hydrogens is 583 g/mol. The molecule has 1 amide bonds. The SMILES string of the molecule is COc1cccc(S(=O)(=O)N2c3ccc(C(=O)Nc4cccc(S(N)(=O)=O)c4)cc3C3(CCSCC3)C2C2CC2)c1. The van der Waals surface area contributed by atoms with E-state index in [-0.39, 0.29) is 21.8 Å². The minimum absolute atomic E-state index is 0.103. The lowest BCUT2D eigenvalue weighted by atomic mass is 9.70. The number of fused-ring (bicyclic) bond motifs is 2. The molecule has 9 nitrogen and oxygen atoms in total. The number of nitrogens with zero attached hydrogens (tertiary/aromatic N) is 1. The first-order valence-electron chi connectivity index (χ1n) is 13.4. The van der Waals surface area contributed by atoms with Crippen molar-refractivity contribution >= 4 is 49.1 Å². The number of carbonyl (C=O) groups is 1. The Bertz CT molecular complexity index is 1730. The van der Waals surface area contributed by atoms with Crippen molar-refractivity contribution in [3.05, 3.63) is 77.9 Å². The lowest BCUT2D eigenvalue weighted by Crippen LogP contribution is -2.50. The number of nitrogens with one attached hydrogen (secondary N) is 1. The molecule has 1 spiro atoms. The summed E-state index contributed by atoms with van der Waals surface area (Å²) < 4.78 is 59.2. The number of nitrogens with two attached hydrogens (primary N) is 1. The number of methoxy groups -OCH3 is 1. The standard InChI is InChI=1S/C29H31N3O6S3/c1-38-22-5-3-7-24(18-22)41(36,37)32-26-11-10-20(28(33)31-21-4-2-6-23(17-21)40(30,34)35)16-25(26)29(12-14-39-15-13-29)27(32)19-8-9-19/h2-7,10-11,16-19,27H,8-9,12-15H2,1H3,(H,31,33)(H2,30,34,35). The number of sulfonamides is 2. The summed E-state index contributed by atoms with van der Waals surface area (Å²) in [6.45, 7) is 0. The van der Waals surface area contributed by atoms with E-state index in [2.05, 4.69) is 5.32 Å². The topological polar surface area (TPSA) is 136 Å². The van der Waals surface area contributed by atoms with Crippen molar-refractivity contribution in [1.29, 1.82) is 0 Å². The number of thioether (sulfide) groups is 1. The Morgan fingerprint density at radius 2 is 1.68 bits per heavy atom. The summed E-state index contributed by atoms with van der Waals surface area (Å²) in [6, 6.07) is 17.3. The van der Waals surface area contributed by atoms with Crippen molar-refractivity contribution < 1.29 is 26.4 Å². The number of rotatable bonds is 7. The second kappa shape index (κ2) is 10.3. The molecule has 3 aliphatic rings. The number of anilines is 2. The second-order valence-electron chi connectivity index (χ2n) is 10.8. The number of ether oxygens (including phenoxy) is 1. The smallest absolute Gasteiger partial charge is 0.264 e. The van der Waals surface area contributed by atoms with Gasteiger partial charge in [-0.2, -0.15) is 11.8 Å². The summed E-state index contributed by atoms with van der Waals surface area (Å²) in [5.74, 6) is 2.11. The van der Waals surface area contributed by atoms with E-state index in [1.165, 1.54) is 25.3 Å². The number of primary sulfonamides is 1. The predicted molar refractivity (Wildman–Crippen MR) is 160 cm³/mol. The Morgan fingerprint density at radius 1 is 0.976 bits per heavy atom. The molecule has 3 aromatic carbocycles. The minimum atomic E-state index is -3.94. The van der Waals surface area contributed by atoms with Crippen LogP contribution < -0.4 is 19.5 Å². The van der Waals surface area contributed by atoms with Crippen LogP contribution in [-0.2, 0) is 25.5 Å². The van der Waals surface area contributed by atoms with Crippen LogP contribution >= 0.6 is 11.8 Å². The molecule has 1 saturated heterocycles. The van der Waals surface area contributed by atoms with E-state index in [0.717, 1.165) is 42.8 Å². The molecule has 1 atom stereocenters. The van der Waals surface area contributed by atoms with Crippen LogP contribution in [0, 0.1) is 5.92 Å². The maximum Gasteiger partial charge on any atom is 0.264 e. The van der Waals surface area contributed by atoms with Crippen LogP contribution in [0.25, 0.3) is 0 Å². The molecular formula is C29H31N3O6S3. The van der Waals surface area contributed by atoms with Crippen LogP contribution in [0.1, 0.15) is 41.6 Å². The number of benzene rings is 3. The van der Waals surface area contributed by atoms with Gasteiger partial charge in [-0.3, -0.25) is 9.10 Å². The maximum absolute atomic E-state index is 14.3. The lowest BCUT2D eigenvalue weighted by Gasteiger charge is -2.41. The molecule has 0 aromatic heterocycles. The molecule has 1 aliphatic carbocycles. The zero-order chi connectivity index (χ0) is 29.0. The third kappa shape index (κ3) is 5.00. The van der Waals surface area contributed by atoms with Crippen LogP contribution in [0.3, 0.4) is 0 Å². The van der Waals surface area contributed by atoms with Gasteiger partial charge in [0.25, 0.3) is 15.9 Å². The van der Waals surface area contributed by atoms with Crippen molar-refractivity contribution in [3.63, 3.8) is 0 Å². The molecule has 0 radical (unpaired) electrons. The molecule has 0 bridgehead atoms. The Morgan fingerprint density at radius 3 is 2.37 bits per heavy atom. The number of carbonyl (C=O) groups excluding carboxylic acids is 1. The third-order valence-corrected chi connectivity index (χ3v) is 12.0. The van der Waals surface area contributed by atoms with Gasteiger partial charge in [-0.25, -0.2) is 22.0 Å². The summed E-state index contributed by atoms with van der Waals surface area (Å²) in [5.41, 5.74) is 1.76. The average molecular weight is 614 g/mol. The first-order valence-corrected chi connectivity index (χ1v) is 17.5. The van der Waals surface area contributed by atoms with Crippen molar-refractivity contribution in [2.24, 2.45) is 11.1 Å². The van der Waals surface area contributed by atoms with Gasteiger partial charge in [0.05, 0.1) is 28.6 Å². The van der Waals surface area contributed by atoms with Gasteiger partial charge in [0.15, 0.2) is 0 Å². The highest BCUT2D eigenvalue weighted by atomic mass is 32.2. The van der Waals surface area contributed by atoms with Gasteiger partial charge in [0.2, 0.25) is 10.0 Å². The summed E-state index contributed by atoms with van der Waals surface area (Å²) in [6.07, 6.45) is 3.56. The zero-order valence-electron chi connectivity index (χ0n) is 22.4. The molecule has 12 heteroatoms. The van der Waals surface area contributed by atoms with E-state index in [9.17, 15) is 21.6 Å². The summed E-state index contributed by atoms with van der Waals surface area (Å²) in [7, 11) is -6.36. The number of hydrogen-bond acceptors (Lipinski definition) is 7. The minimum Gasteiger partial charge on any atom is -0.497 e. The summed E-state index contributed by atoms with van der Waals surface area (Å²) in [5, 5.41) is 8.02. The zero-order valence-corrected chi connectivity index (χ0v) is 24.9. The quantitative estimate of drug-likeness (QED) is 0.405. The fraction of sp³-hybridized carbons (Fsp3) is 0.345. The van der Waals surface area contributed by atoms with Crippen molar-refractivity contribution in [2.45, 2.75) is 46.9 Å². The Balaban J connectivity index is 1.44. The average Bonchev–Trinajstić information content (AvgIpc) is 3.77. The van der Waals surface area contributed by atoms with Crippen molar-refractivity contribution in [3.8, 4) is 5.75 Å². The van der Waals surface area contributed by atoms with Crippen molar-refractivity contribution in [2.75, 3.05) is 28.2 Å². The van der Waals surface area contributed by atoms with Gasteiger partial charge in [-0.05, 0) is 97.2 Å². The maximum atomic E-state index is 14.3. The predicted octanol–water partition coefficient (Wildman–Crippen LogP) is 4.35. The second-order valence-corrected chi connectivity index (χ2v) is 15.4. The van der Waals surface area contributed by atoms with E-state index < -0.39 is 31.4 Å². The van der Waals surface area contributed by atoms with Gasteiger partial charge in [-0.15, -0.1) is 0 Å². The van der Waals surface area contributed by atoms with E-state index in [1.807, 2.05) is 17.8 Å². The molecule has 6 rings (SSSR count). The highest BCUT2D eigenvalue weighted by molar-refractivity contribution is 7.99. The van der Waals surface area contributed by atoms with Gasteiger partial charge in [0.1, 0.15) is 5.75 Å². The van der Waals surface area contributed by atoms with Gasteiger partial charge < -0.3 is 10.1 Å².